The number of rotatable bonds is 6. The van der Waals surface area contributed by atoms with Crippen molar-refractivity contribution in [1.82, 2.24) is 9.55 Å². The average molecular weight is 499 g/mol. The number of nitrogens with zero attached hydrogens (tertiary/aromatic N) is 2. The first-order valence-electron chi connectivity index (χ1n) is 11.0. The highest BCUT2D eigenvalue weighted by Gasteiger charge is 2.13. The lowest BCUT2D eigenvalue weighted by molar-refractivity contribution is -0.128. The first-order chi connectivity index (χ1) is 17.1. The SMILES string of the molecule is O=C(/C=C/c1ccc(Cl)cc1Cl)Oc1ccc(-c2nc3ccccc3n2Cc2ccccc2)cc1. The van der Waals surface area contributed by atoms with E-state index >= 15 is 0 Å². The van der Waals surface area contributed by atoms with Gasteiger partial charge in [0, 0.05) is 28.2 Å². The summed E-state index contributed by atoms with van der Waals surface area (Å²) in [7, 11) is 0. The molecule has 0 unspecified atom stereocenters. The van der Waals surface area contributed by atoms with Crippen LogP contribution in [0.25, 0.3) is 28.5 Å². The van der Waals surface area contributed by atoms with Crippen molar-refractivity contribution in [2.24, 2.45) is 0 Å². The highest BCUT2D eigenvalue weighted by atomic mass is 35.5. The largest absolute Gasteiger partial charge is 0.423 e. The molecule has 0 aliphatic heterocycles. The van der Waals surface area contributed by atoms with Gasteiger partial charge in [-0.1, -0.05) is 71.7 Å². The van der Waals surface area contributed by atoms with Crippen molar-refractivity contribution in [2.45, 2.75) is 6.54 Å². The molecule has 0 amide bonds. The zero-order valence-electron chi connectivity index (χ0n) is 18.6. The Morgan fingerprint density at radius 3 is 2.40 bits per heavy atom. The number of ether oxygens (including phenoxy) is 1. The minimum absolute atomic E-state index is 0.441. The van der Waals surface area contributed by atoms with E-state index in [1.165, 1.54) is 11.6 Å². The fourth-order valence-electron chi connectivity index (χ4n) is 3.84. The maximum absolute atomic E-state index is 12.3. The summed E-state index contributed by atoms with van der Waals surface area (Å²) in [6.07, 6.45) is 2.93. The van der Waals surface area contributed by atoms with Crippen molar-refractivity contribution in [3.8, 4) is 17.1 Å². The molecular weight excluding hydrogens is 479 g/mol. The third kappa shape index (κ3) is 5.29. The van der Waals surface area contributed by atoms with Crippen LogP contribution in [0.4, 0.5) is 0 Å². The van der Waals surface area contributed by atoms with Gasteiger partial charge < -0.3 is 9.30 Å². The molecule has 6 heteroatoms. The molecule has 0 radical (unpaired) electrons. The van der Waals surface area contributed by atoms with Crippen molar-refractivity contribution in [3.05, 3.63) is 124 Å². The van der Waals surface area contributed by atoms with E-state index in [9.17, 15) is 4.79 Å². The van der Waals surface area contributed by atoms with Crippen molar-refractivity contribution in [1.29, 1.82) is 0 Å². The number of para-hydroxylation sites is 2. The van der Waals surface area contributed by atoms with Gasteiger partial charge in [0.2, 0.25) is 0 Å². The summed E-state index contributed by atoms with van der Waals surface area (Å²) >= 11 is 12.1. The van der Waals surface area contributed by atoms with E-state index in [-0.39, 0.29) is 0 Å². The number of benzene rings is 4. The standard InChI is InChI=1S/C29H20Cl2N2O2/c30-23-14-10-21(25(31)18-23)13-17-28(34)35-24-15-11-22(12-16-24)29-32-26-8-4-5-9-27(26)33(29)19-20-6-2-1-3-7-20/h1-18H,19H2/b17-13+. The molecule has 0 bridgehead atoms. The summed E-state index contributed by atoms with van der Waals surface area (Å²) in [4.78, 5) is 17.2. The highest BCUT2D eigenvalue weighted by molar-refractivity contribution is 6.35. The fraction of sp³-hybridized carbons (Fsp3) is 0.0345. The molecule has 0 aliphatic carbocycles. The maximum Gasteiger partial charge on any atom is 0.336 e. The average Bonchev–Trinajstić information content (AvgIpc) is 3.23. The van der Waals surface area contributed by atoms with E-state index in [4.69, 9.17) is 32.9 Å². The van der Waals surface area contributed by atoms with E-state index < -0.39 is 5.97 Å². The zero-order valence-corrected chi connectivity index (χ0v) is 20.1. The molecular formula is C29H20Cl2N2O2. The molecule has 5 aromatic rings. The number of carbonyl (C=O) groups is 1. The maximum atomic E-state index is 12.3. The minimum Gasteiger partial charge on any atom is -0.423 e. The number of halogens is 2. The number of carbonyl (C=O) groups excluding carboxylic acids is 1. The molecule has 0 atom stereocenters. The Labute approximate surface area is 213 Å². The van der Waals surface area contributed by atoms with Crippen LogP contribution in [-0.2, 0) is 11.3 Å². The van der Waals surface area contributed by atoms with Crippen LogP contribution >= 0.6 is 23.2 Å². The number of hydrogen-bond donors (Lipinski definition) is 0. The Morgan fingerprint density at radius 1 is 0.886 bits per heavy atom. The van der Waals surface area contributed by atoms with Gasteiger partial charge in [-0.25, -0.2) is 9.78 Å². The van der Waals surface area contributed by atoms with Gasteiger partial charge in [0.25, 0.3) is 0 Å². The normalized spacial score (nSPS) is 11.3. The van der Waals surface area contributed by atoms with E-state index in [0.29, 0.717) is 27.9 Å². The zero-order chi connectivity index (χ0) is 24.2. The van der Waals surface area contributed by atoms with E-state index in [1.807, 2.05) is 48.5 Å². The second-order valence-electron chi connectivity index (χ2n) is 7.94. The molecule has 4 nitrogen and oxygen atoms in total. The predicted molar refractivity (Wildman–Crippen MR) is 142 cm³/mol. The molecule has 0 aliphatic rings. The van der Waals surface area contributed by atoms with Crippen molar-refractivity contribution < 1.29 is 9.53 Å². The van der Waals surface area contributed by atoms with Crippen molar-refractivity contribution >= 4 is 46.3 Å². The predicted octanol–water partition coefficient (Wildman–Crippen LogP) is 7.68. The van der Waals surface area contributed by atoms with Crippen LogP contribution < -0.4 is 4.74 Å². The van der Waals surface area contributed by atoms with Crippen molar-refractivity contribution in [2.75, 3.05) is 0 Å². The van der Waals surface area contributed by atoms with Crippen molar-refractivity contribution in [3.63, 3.8) is 0 Å². The summed E-state index contributed by atoms with van der Waals surface area (Å²) in [5.74, 6) is 0.793. The molecule has 0 spiro atoms. The summed E-state index contributed by atoms with van der Waals surface area (Å²) in [5, 5.41) is 0.997. The molecule has 0 saturated carbocycles. The summed E-state index contributed by atoms with van der Waals surface area (Å²) in [6, 6.07) is 30.8. The molecule has 4 aromatic carbocycles. The Kier molecular flexibility index (Phi) is 6.66. The van der Waals surface area contributed by atoms with Crippen LogP contribution in [0, 0.1) is 0 Å². The lowest BCUT2D eigenvalue weighted by Gasteiger charge is -2.10. The molecule has 0 fully saturated rings. The van der Waals surface area contributed by atoms with Gasteiger partial charge in [0.15, 0.2) is 0 Å². The summed E-state index contributed by atoms with van der Waals surface area (Å²) < 4.78 is 7.65. The first kappa shape index (κ1) is 22.9. The van der Waals surface area contributed by atoms with Gasteiger partial charge in [-0.05, 0) is 65.7 Å². The second-order valence-corrected chi connectivity index (χ2v) is 8.78. The summed E-state index contributed by atoms with van der Waals surface area (Å²) in [5.41, 5.74) is 4.80. The van der Waals surface area contributed by atoms with Gasteiger partial charge in [0.05, 0.1) is 11.0 Å². The van der Waals surface area contributed by atoms with Gasteiger partial charge in [-0.3, -0.25) is 0 Å². The Balaban J connectivity index is 1.37. The lowest BCUT2D eigenvalue weighted by Crippen LogP contribution is -2.04. The van der Waals surface area contributed by atoms with E-state index in [2.05, 4.69) is 22.8 Å². The highest BCUT2D eigenvalue weighted by Crippen LogP contribution is 2.28. The Morgan fingerprint density at radius 2 is 1.63 bits per heavy atom. The van der Waals surface area contributed by atoms with Gasteiger partial charge in [0.1, 0.15) is 11.6 Å². The number of esters is 1. The third-order valence-corrected chi connectivity index (χ3v) is 6.09. The Hall–Kier alpha value is -3.86. The fourth-order valence-corrected chi connectivity index (χ4v) is 4.31. The molecule has 0 N–H and O–H groups in total. The van der Waals surface area contributed by atoms with Gasteiger partial charge in [-0.2, -0.15) is 0 Å². The molecule has 1 heterocycles. The monoisotopic (exact) mass is 498 g/mol. The third-order valence-electron chi connectivity index (χ3n) is 5.53. The van der Waals surface area contributed by atoms with Crippen LogP contribution in [0.1, 0.15) is 11.1 Å². The summed E-state index contributed by atoms with van der Waals surface area (Å²) in [6.45, 7) is 0.700. The van der Waals surface area contributed by atoms with Gasteiger partial charge >= 0.3 is 5.97 Å². The molecule has 0 saturated heterocycles. The van der Waals surface area contributed by atoms with Crippen LogP contribution in [0.15, 0.2) is 103 Å². The second kappa shape index (κ2) is 10.2. The smallest absolute Gasteiger partial charge is 0.336 e. The molecule has 35 heavy (non-hydrogen) atoms. The quantitative estimate of drug-likeness (QED) is 0.137. The van der Waals surface area contributed by atoms with E-state index in [1.54, 1.807) is 36.4 Å². The van der Waals surface area contributed by atoms with Crippen LogP contribution in [0.5, 0.6) is 5.75 Å². The van der Waals surface area contributed by atoms with Crippen LogP contribution in [0.3, 0.4) is 0 Å². The van der Waals surface area contributed by atoms with E-state index in [0.717, 1.165) is 22.4 Å². The Bertz CT molecular complexity index is 1520. The molecule has 5 rings (SSSR count). The molecule has 172 valence electrons. The van der Waals surface area contributed by atoms with Crippen LogP contribution in [0.2, 0.25) is 10.0 Å². The number of aromatic nitrogens is 2. The first-order valence-corrected chi connectivity index (χ1v) is 11.8. The topological polar surface area (TPSA) is 44.1 Å². The van der Waals surface area contributed by atoms with Gasteiger partial charge in [-0.15, -0.1) is 0 Å². The number of imidazole rings is 1. The van der Waals surface area contributed by atoms with Crippen LogP contribution in [-0.4, -0.2) is 15.5 Å². The number of fused-ring (bicyclic) bond motifs is 1. The lowest BCUT2D eigenvalue weighted by atomic mass is 10.2. The molecule has 1 aromatic heterocycles. The number of hydrogen-bond acceptors (Lipinski definition) is 3. The minimum atomic E-state index is -0.500.